The summed E-state index contributed by atoms with van der Waals surface area (Å²) in [6.45, 7) is 6.57. The van der Waals surface area contributed by atoms with Gasteiger partial charge in [-0.1, -0.05) is 18.2 Å². The molecule has 0 aliphatic carbocycles. The predicted molar refractivity (Wildman–Crippen MR) is 104 cm³/mol. The van der Waals surface area contributed by atoms with Crippen LogP contribution < -0.4 is 10.6 Å². The molecule has 24 heavy (non-hydrogen) atoms. The van der Waals surface area contributed by atoms with Crippen LogP contribution in [0.1, 0.15) is 23.6 Å². The Morgan fingerprint density at radius 2 is 2.12 bits per heavy atom. The molecule has 0 atom stereocenters. The van der Waals surface area contributed by atoms with Crippen LogP contribution in [0, 0.1) is 6.92 Å². The van der Waals surface area contributed by atoms with Crippen LogP contribution in [0.4, 0.5) is 0 Å². The van der Waals surface area contributed by atoms with E-state index in [1.807, 2.05) is 12.3 Å². The fraction of sp³-hybridized carbons (Fsp3) is 0.368. The van der Waals surface area contributed by atoms with Crippen LogP contribution >= 0.6 is 11.8 Å². The van der Waals surface area contributed by atoms with Gasteiger partial charge in [-0.3, -0.25) is 4.98 Å². The zero-order valence-electron chi connectivity index (χ0n) is 14.7. The molecule has 0 saturated heterocycles. The Labute approximate surface area is 149 Å². The van der Waals surface area contributed by atoms with E-state index >= 15 is 0 Å². The van der Waals surface area contributed by atoms with Crippen molar-refractivity contribution in [2.24, 2.45) is 4.99 Å². The Bertz CT molecular complexity index is 656. The molecule has 5 heteroatoms. The SMILES string of the molecule is CCNC(=NCc1ccc(C)cc1SC)NCCc1cccnc1. The summed E-state index contributed by atoms with van der Waals surface area (Å²) in [4.78, 5) is 10.2. The molecule has 0 bridgehead atoms. The lowest BCUT2D eigenvalue weighted by molar-refractivity contribution is 0.796. The molecule has 0 radical (unpaired) electrons. The Hall–Kier alpha value is -2.01. The van der Waals surface area contributed by atoms with Gasteiger partial charge in [0.2, 0.25) is 0 Å². The van der Waals surface area contributed by atoms with E-state index in [4.69, 9.17) is 4.99 Å². The van der Waals surface area contributed by atoms with E-state index in [9.17, 15) is 0 Å². The van der Waals surface area contributed by atoms with Crippen molar-refractivity contribution in [2.45, 2.75) is 31.7 Å². The molecule has 2 N–H and O–H groups in total. The first-order valence-electron chi connectivity index (χ1n) is 8.27. The lowest BCUT2D eigenvalue weighted by atomic mass is 10.1. The fourth-order valence-electron chi connectivity index (χ4n) is 2.36. The molecular weight excluding hydrogens is 316 g/mol. The van der Waals surface area contributed by atoms with E-state index in [-0.39, 0.29) is 0 Å². The molecule has 1 heterocycles. The van der Waals surface area contributed by atoms with Crippen molar-refractivity contribution in [1.82, 2.24) is 15.6 Å². The lowest BCUT2D eigenvalue weighted by Gasteiger charge is -2.12. The molecule has 4 nitrogen and oxygen atoms in total. The number of aliphatic imine (C=N–C) groups is 1. The van der Waals surface area contributed by atoms with Gasteiger partial charge in [-0.15, -0.1) is 11.8 Å². The third kappa shape index (κ3) is 5.89. The number of pyridine rings is 1. The first kappa shape index (κ1) is 18.3. The van der Waals surface area contributed by atoms with Crippen LogP contribution in [-0.4, -0.2) is 30.3 Å². The monoisotopic (exact) mass is 342 g/mol. The minimum Gasteiger partial charge on any atom is -0.357 e. The molecule has 2 rings (SSSR count). The van der Waals surface area contributed by atoms with Gasteiger partial charge in [-0.05, 0) is 55.3 Å². The molecule has 0 saturated carbocycles. The molecule has 0 aliphatic rings. The maximum Gasteiger partial charge on any atom is 0.191 e. The van der Waals surface area contributed by atoms with Crippen molar-refractivity contribution in [1.29, 1.82) is 0 Å². The standard InChI is InChI=1S/C19H26N4S/c1-4-21-19(22-11-9-16-6-5-10-20-13-16)23-14-17-8-7-15(2)12-18(17)24-3/h5-8,10,12-13H,4,9,11,14H2,1-3H3,(H2,21,22,23). The molecule has 0 spiro atoms. The molecule has 1 aromatic carbocycles. The van der Waals surface area contributed by atoms with Gasteiger partial charge in [0.25, 0.3) is 0 Å². The summed E-state index contributed by atoms with van der Waals surface area (Å²) in [6.07, 6.45) is 6.74. The van der Waals surface area contributed by atoms with Gasteiger partial charge in [-0.2, -0.15) is 0 Å². The highest BCUT2D eigenvalue weighted by molar-refractivity contribution is 7.98. The second-order valence-electron chi connectivity index (χ2n) is 5.55. The minimum absolute atomic E-state index is 0.679. The molecule has 0 aliphatic heterocycles. The fourth-order valence-corrected chi connectivity index (χ4v) is 3.06. The van der Waals surface area contributed by atoms with Crippen molar-refractivity contribution in [3.05, 3.63) is 59.4 Å². The first-order chi connectivity index (χ1) is 11.7. The largest absolute Gasteiger partial charge is 0.357 e. The normalized spacial score (nSPS) is 11.4. The van der Waals surface area contributed by atoms with Crippen LogP contribution in [-0.2, 0) is 13.0 Å². The van der Waals surface area contributed by atoms with Crippen LogP contribution in [0.15, 0.2) is 52.6 Å². The number of benzene rings is 1. The quantitative estimate of drug-likeness (QED) is 0.460. The summed E-state index contributed by atoms with van der Waals surface area (Å²) in [5, 5.41) is 6.70. The summed E-state index contributed by atoms with van der Waals surface area (Å²) in [5.74, 6) is 0.856. The van der Waals surface area contributed by atoms with Gasteiger partial charge in [0.15, 0.2) is 5.96 Å². The average molecular weight is 343 g/mol. The Balaban J connectivity index is 1.95. The number of hydrogen-bond acceptors (Lipinski definition) is 3. The molecule has 2 aromatic rings. The predicted octanol–water partition coefficient (Wildman–Crippen LogP) is 3.41. The highest BCUT2D eigenvalue weighted by Crippen LogP contribution is 2.22. The summed E-state index contributed by atoms with van der Waals surface area (Å²) < 4.78 is 0. The van der Waals surface area contributed by atoms with Gasteiger partial charge < -0.3 is 10.6 Å². The number of guanidine groups is 1. The van der Waals surface area contributed by atoms with Crippen LogP contribution in [0.25, 0.3) is 0 Å². The Kier molecular flexibility index (Phi) is 7.62. The van der Waals surface area contributed by atoms with Gasteiger partial charge in [0.05, 0.1) is 6.54 Å². The molecule has 0 unspecified atom stereocenters. The van der Waals surface area contributed by atoms with Gasteiger partial charge in [-0.25, -0.2) is 4.99 Å². The van der Waals surface area contributed by atoms with Crippen molar-refractivity contribution in [3.63, 3.8) is 0 Å². The Morgan fingerprint density at radius 3 is 2.83 bits per heavy atom. The second kappa shape index (κ2) is 9.98. The number of rotatable bonds is 7. The van der Waals surface area contributed by atoms with E-state index in [0.717, 1.165) is 25.5 Å². The van der Waals surface area contributed by atoms with E-state index in [1.165, 1.54) is 21.6 Å². The number of nitrogens with zero attached hydrogens (tertiary/aromatic N) is 2. The van der Waals surface area contributed by atoms with Gasteiger partial charge in [0.1, 0.15) is 0 Å². The first-order valence-corrected chi connectivity index (χ1v) is 9.50. The number of nitrogens with one attached hydrogen (secondary N) is 2. The summed E-state index contributed by atoms with van der Waals surface area (Å²) in [6, 6.07) is 10.6. The van der Waals surface area contributed by atoms with Crippen LogP contribution in [0.3, 0.4) is 0 Å². The smallest absolute Gasteiger partial charge is 0.191 e. The Morgan fingerprint density at radius 1 is 1.25 bits per heavy atom. The number of thioether (sulfide) groups is 1. The van der Waals surface area contributed by atoms with Crippen molar-refractivity contribution >= 4 is 17.7 Å². The molecular formula is C19H26N4S. The highest BCUT2D eigenvalue weighted by Gasteiger charge is 2.03. The number of aryl methyl sites for hydroxylation is 1. The second-order valence-corrected chi connectivity index (χ2v) is 6.40. The minimum atomic E-state index is 0.679. The number of aromatic nitrogens is 1. The van der Waals surface area contributed by atoms with Crippen LogP contribution in [0.5, 0.6) is 0 Å². The maximum atomic E-state index is 4.72. The molecule has 0 amide bonds. The third-order valence-electron chi connectivity index (χ3n) is 3.62. The highest BCUT2D eigenvalue weighted by atomic mass is 32.2. The third-order valence-corrected chi connectivity index (χ3v) is 4.44. The van der Waals surface area contributed by atoms with Crippen molar-refractivity contribution < 1.29 is 0 Å². The molecule has 128 valence electrons. The van der Waals surface area contributed by atoms with Crippen LogP contribution in [0.2, 0.25) is 0 Å². The summed E-state index contributed by atoms with van der Waals surface area (Å²) >= 11 is 1.77. The van der Waals surface area contributed by atoms with Crippen molar-refractivity contribution in [2.75, 3.05) is 19.3 Å². The van der Waals surface area contributed by atoms with E-state index < -0.39 is 0 Å². The summed E-state index contributed by atoms with van der Waals surface area (Å²) in [7, 11) is 0. The lowest BCUT2D eigenvalue weighted by Crippen LogP contribution is -2.38. The zero-order valence-corrected chi connectivity index (χ0v) is 15.5. The van der Waals surface area contributed by atoms with E-state index in [0.29, 0.717) is 6.54 Å². The topological polar surface area (TPSA) is 49.3 Å². The molecule has 0 fully saturated rings. The van der Waals surface area contributed by atoms with Gasteiger partial charge >= 0.3 is 0 Å². The number of hydrogen-bond donors (Lipinski definition) is 2. The zero-order chi connectivity index (χ0) is 17.2. The van der Waals surface area contributed by atoms with E-state index in [2.05, 4.69) is 60.0 Å². The maximum absolute atomic E-state index is 4.72. The van der Waals surface area contributed by atoms with E-state index in [1.54, 1.807) is 18.0 Å². The van der Waals surface area contributed by atoms with Crippen molar-refractivity contribution in [3.8, 4) is 0 Å². The molecule has 1 aromatic heterocycles. The summed E-state index contributed by atoms with van der Waals surface area (Å²) in [5.41, 5.74) is 3.77. The average Bonchev–Trinajstić information content (AvgIpc) is 2.61. The van der Waals surface area contributed by atoms with Gasteiger partial charge in [0, 0.05) is 30.4 Å².